The van der Waals surface area contributed by atoms with Crippen molar-refractivity contribution < 1.29 is 4.74 Å². The molecular weight excluding hydrogens is 160 g/mol. The average Bonchev–Trinajstić information content (AvgIpc) is 2.31. The second-order valence-corrected chi connectivity index (χ2v) is 5.41. The Kier molecular flexibility index (Phi) is 1.99. The predicted molar refractivity (Wildman–Crippen MR) is 54.7 cm³/mol. The molecule has 2 fully saturated rings. The van der Waals surface area contributed by atoms with Crippen LogP contribution < -0.4 is 0 Å². The Morgan fingerprint density at radius 1 is 1.38 bits per heavy atom. The van der Waals surface area contributed by atoms with E-state index in [1.54, 1.807) is 0 Å². The Balaban J connectivity index is 2.28. The van der Waals surface area contributed by atoms with Crippen LogP contribution in [-0.4, -0.2) is 11.7 Å². The summed E-state index contributed by atoms with van der Waals surface area (Å²) in [4.78, 5) is 0. The fourth-order valence-electron chi connectivity index (χ4n) is 3.39. The van der Waals surface area contributed by atoms with Gasteiger partial charge in [0.2, 0.25) is 0 Å². The minimum absolute atomic E-state index is 0.188. The second-order valence-electron chi connectivity index (χ2n) is 5.41. The van der Waals surface area contributed by atoms with E-state index >= 15 is 0 Å². The van der Waals surface area contributed by atoms with Gasteiger partial charge in [-0.15, -0.1) is 0 Å². The van der Waals surface area contributed by atoms with E-state index in [-0.39, 0.29) is 5.60 Å². The molecule has 2 rings (SSSR count). The third-order valence-electron chi connectivity index (χ3n) is 4.83. The van der Waals surface area contributed by atoms with Gasteiger partial charge >= 0.3 is 0 Å². The fourth-order valence-corrected chi connectivity index (χ4v) is 3.39. The first kappa shape index (κ1) is 9.51. The van der Waals surface area contributed by atoms with E-state index in [4.69, 9.17) is 4.74 Å². The van der Waals surface area contributed by atoms with Crippen molar-refractivity contribution in [1.29, 1.82) is 0 Å². The maximum absolute atomic E-state index is 6.18. The van der Waals surface area contributed by atoms with Gasteiger partial charge in [0.05, 0.1) is 11.7 Å². The molecule has 2 aliphatic rings. The lowest BCUT2D eigenvalue weighted by Gasteiger charge is -2.39. The standard InChI is InChI=1S/C12H22O/c1-5-12-7-6-9(2)11(4,8-12)13-10(12)3/h9-10H,5-8H2,1-4H3/t9-,10?,11?,12+/m0/s1. The van der Waals surface area contributed by atoms with Crippen molar-refractivity contribution in [2.45, 2.75) is 65.1 Å². The fraction of sp³-hybridized carbons (Fsp3) is 1.00. The summed E-state index contributed by atoms with van der Waals surface area (Å²) in [5, 5.41) is 0. The van der Waals surface area contributed by atoms with E-state index < -0.39 is 0 Å². The van der Waals surface area contributed by atoms with Crippen molar-refractivity contribution in [3.05, 3.63) is 0 Å². The van der Waals surface area contributed by atoms with E-state index in [0.29, 0.717) is 11.5 Å². The number of rotatable bonds is 1. The quantitative estimate of drug-likeness (QED) is 0.604. The van der Waals surface area contributed by atoms with Gasteiger partial charge in [0.15, 0.2) is 0 Å². The third-order valence-corrected chi connectivity index (χ3v) is 4.83. The highest BCUT2D eigenvalue weighted by Crippen LogP contribution is 2.57. The number of fused-ring (bicyclic) bond motifs is 2. The number of hydrogen-bond acceptors (Lipinski definition) is 1. The Hall–Kier alpha value is -0.0400. The molecule has 1 saturated carbocycles. The van der Waals surface area contributed by atoms with Crippen LogP contribution >= 0.6 is 0 Å². The molecule has 1 heterocycles. The smallest absolute Gasteiger partial charge is 0.0690 e. The van der Waals surface area contributed by atoms with Crippen LogP contribution in [-0.2, 0) is 4.74 Å². The van der Waals surface area contributed by atoms with Crippen LogP contribution in [0.2, 0.25) is 0 Å². The lowest BCUT2D eigenvalue weighted by atomic mass is 9.64. The highest BCUT2D eigenvalue weighted by Gasteiger charge is 2.55. The van der Waals surface area contributed by atoms with Crippen molar-refractivity contribution in [2.75, 3.05) is 0 Å². The normalized spacial score (nSPS) is 55.4. The molecule has 13 heavy (non-hydrogen) atoms. The Labute approximate surface area is 81.9 Å². The molecule has 1 aliphatic carbocycles. The first-order valence-electron chi connectivity index (χ1n) is 5.70. The number of ether oxygens (including phenoxy) is 1. The van der Waals surface area contributed by atoms with Gasteiger partial charge in [0.25, 0.3) is 0 Å². The molecule has 0 radical (unpaired) electrons. The molecule has 1 heteroatoms. The molecule has 2 bridgehead atoms. The average molecular weight is 182 g/mol. The van der Waals surface area contributed by atoms with E-state index in [2.05, 4.69) is 27.7 Å². The van der Waals surface area contributed by atoms with Gasteiger partial charge in [-0.2, -0.15) is 0 Å². The molecule has 0 N–H and O–H groups in total. The molecule has 0 amide bonds. The van der Waals surface area contributed by atoms with Crippen LogP contribution in [0.25, 0.3) is 0 Å². The first-order valence-corrected chi connectivity index (χ1v) is 5.70. The van der Waals surface area contributed by atoms with Crippen LogP contribution in [0.1, 0.15) is 53.4 Å². The molecule has 0 spiro atoms. The van der Waals surface area contributed by atoms with Crippen LogP contribution in [0.4, 0.5) is 0 Å². The summed E-state index contributed by atoms with van der Waals surface area (Å²) >= 11 is 0. The molecule has 2 unspecified atom stereocenters. The molecule has 76 valence electrons. The van der Waals surface area contributed by atoms with Crippen molar-refractivity contribution in [3.63, 3.8) is 0 Å². The summed E-state index contributed by atoms with van der Waals surface area (Å²) < 4.78 is 6.18. The lowest BCUT2D eigenvalue weighted by Crippen LogP contribution is -2.38. The Bertz CT molecular complexity index is 213. The summed E-state index contributed by atoms with van der Waals surface area (Å²) in [7, 11) is 0. The van der Waals surface area contributed by atoms with E-state index in [1.807, 2.05) is 0 Å². The van der Waals surface area contributed by atoms with Crippen molar-refractivity contribution in [2.24, 2.45) is 11.3 Å². The van der Waals surface area contributed by atoms with Crippen LogP contribution in [0.5, 0.6) is 0 Å². The minimum Gasteiger partial charge on any atom is -0.371 e. The zero-order valence-electron chi connectivity index (χ0n) is 9.39. The molecule has 1 saturated heterocycles. The molecular formula is C12H22O. The minimum atomic E-state index is 0.188. The lowest BCUT2D eigenvalue weighted by molar-refractivity contribution is -0.0545. The molecule has 1 nitrogen and oxygen atoms in total. The van der Waals surface area contributed by atoms with Gasteiger partial charge in [-0.25, -0.2) is 0 Å². The molecule has 0 aromatic rings. The van der Waals surface area contributed by atoms with Crippen LogP contribution in [0.3, 0.4) is 0 Å². The van der Waals surface area contributed by atoms with Gasteiger partial charge < -0.3 is 4.74 Å². The van der Waals surface area contributed by atoms with Gasteiger partial charge in [-0.1, -0.05) is 13.8 Å². The second kappa shape index (κ2) is 2.73. The third kappa shape index (κ3) is 1.16. The van der Waals surface area contributed by atoms with E-state index in [1.165, 1.54) is 25.7 Å². The van der Waals surface area contributed by atoms with Crippen LogP contribution in [0, 0.1) is 11.3 Å². The molecule has 4 atom stereocenters. The summed E-state index contributed by atoms with van der Waals surface area (Å²) in [6.07, 6.45) is 5.79. The van der Waals surface area contributed by atoms with Crippen molar-refractivity contribution in [3.8, 4) is 0 Å². The first-order chi connectivity index (χ1) is 6.02. The molecule has 0 aromatic carbocycles. The largest absolute Gasteiger partial charge is 0.371 e. The summed E-state index contributed by atoms with van der Waals surface area (Å²) in [5.41, 5.74) is 0.703. The summed E-state index contributed by atoms with van der Waals surface area (Å²) in [5.74, 6) is 0.747. The van der Waals surface area contributed by atoms with Gasteiger partial charge in [0.1, 0.15) is 0 Å². The summed E-state index contributed by atoms with van der Waals surface area (Å²) in [6, 6.07) is 0. The maximum Gasteiger partial charge on any atom is 0.0690 e. The molecule has 1 aliphatic heterocycles. The predicted octanol–water partition coefficient (Wildman–Crippen LogP) is 3.38. The zero-order valence-corrected chi connectivity index (χ0v) is 9.39. The van der Waals surface area contributed by atoms with Crippen molar-refractivity contribution in [1.82, 2.24) is 0 Å². The zero-order chi connectivity index (χ0) is 9.69. The monoisotopic (exact) mass is 182 g/mol. The summed E-state index contributed by atoms with van der Waals surface area (Å²) in [6.45, 7) is 9.25. The van der Waals surface area contributed by atoms with Gasteiger partial charge in [-0.3, -0.25) is 0 Å². The highest BCUT2D eigenvalue weighted by molar-refractivity contribution is 5.04. The van der Waals surface area contributed by atoms with E-state index in [0.717, 1.165) is 5.92 Å². The SMILES string of the molecule is CC[C@@]12CC[C@H](C)C(C)(C1)OC2C. The highest BCUT2D eigenvalue weighted by atomic mass is 16.5. The maximum atomic E-state index is 6.18. The van der Waals surface area contributed by atoms with Crippen molar-refractivity contribution >= 4 is 0 Å². The Morgan fingerprint density at radius 3 is 2.69 bits per heavy atom. The number of hydrogen-bond donors (Lipinski definition) is 0. The topological polar surface area (TPSA) is 9.23 Å². The van der Waals surface area contributed by atoms with Crippen LogP contribution in [0.15, 0.2) is 0 Å². The van der Waals surface area contributed by atoms with Gasteiger partial charge in [0, 0.05) is 0 Å². The Morgan fingerprint density at radius 2 is 2.08 bits per heavy atom. The van der Waals surface area contributed by atoms with Gasteiger partial charge in [-0.05, 0) is 50.9 Å². The van der Waals surface area contributed by atoms with E-state index in [9.17, 15) is 0 Å². The molecule has 0 aromatic heterocycles.